The zero-order valence-electron chi connectivity index (χ0n) is 12.5. The molecular weight excluding hydrogens is 298 g/mol. The normalized spacial score (nSPS) is 19.8. The van der Waals surface area contributed by atoms with Crippen LogP contribution in [-0.4, -0.2) is 44.5 Å². The molecule has 1 unspecified atom stereocenters. The van der Waals surface area contributed by atoms with Crippen molar-refractivity contribution < 1.29 is 12.8 Å². The molecule has 1 atom stereocenters. The molecule has 0 bridgehead atoms. The Morgan fingerprint density at radius 3 is 2.41 bits per heavy atom. The van der Waals surface area contributed by atoms with Gasteiger partial charge in [-0.3, -0.25) is 0 Å². The Balaban J connectivity index is 1.67. The fourth-order valence-corrected chi connectivity index (χ4v) is 4.21. The lowest BCUT2D eigenvalue weighted by Crippen LogP contribution is -2.41. The van der Waals surface area contributed by atoms with Gasteiger partial charge in [0, 0.05) is 19.0 Å². The van der Waals surface area contributed by atoms with Crippen LogP contribution in [0.5, 0.6) is 0 Å². The standard InChI is InChI=1S/C17H21NO3S/c19-22(20)13-10-18(11-14-22)9-8-16(17-7-4-12-21-17)15-5-2-1-3-6-15/h1-7,12,16H,8-11,13-14H2. The summed E-state index contributed by atoms with van der Waals surface area (Å²) < 4.78 is 28.6. The van der Waals surface area contributed by atoms with Gasteiger partial charge in [-0.1, -0.05) is 30.3 Å². The average molecular weight is 319 g/mol. The lowest BCUT2D eigenvalue weighted by atomic mass is 9.93. The minimum Gasteiger partial charge on any atom is -0.469 e. The lowest BCUT2D eigenvalue weighted by Gasteiger charge is -2.28. The van der Waals surface area contributed by atoms with E-state index in [0.29, 0.717) is 13.1 Å². The highest BCUT2D eigenvalue weighted by Gasteiger charge is 2.23. The summed E-state index contributed by atoms with van der Waals surface area (Å²) >= 11 is 0. The molecule has 0 spiro atoms. The molecule has 0 radical (unpaired) electrons. The van der Waals surface area contributed by atoms with Crippen molar-refractivity contribution in [2.75, 3.05) is 31.1 Å². The highest BCUT2D eigenvalue weighted by atomic mass is 32.2. The quantitative estimate of drug-likeness (QED) is 0.850. The molecule has 5 heteroatoms. The molecule has 0 saturated carbocycles. The summed E-state index contributed by atoms with van der Waals surface area (Å²) in [6.45, 7) is 2.17. The molecular formula is C17H21NO3S. The molecule has 1 fully saturated rings. The number of sulfone groups is 1. The Bertz CT molecular complexity index is 666. The van der Waals surface area contributed by atoms with E-state index in [0.717, 1.165) is 18.7 Å². The third-order valence-corrected chi connectivity index (χ3v) is 5.87. The van der Waals surface area contributed by atoms with E-state index in [1.807, 2.05) is 30.3 Å². The summed E-state index contributed by atoms with van der Waals surface area (Å²) in [5.74, 6) is 1.75. The molecule has 0 amide bonds. The Hall–Kier alpha value is -1.59. The van der Waals surface area contributed by atoms with Crippen LogP contribution in [0.2, 0.25) is 0 Å². The first-order valence-electron chi connectivity index (χ1n) is 7.65. The first kappa shape index (κ1) is 15.3. The van der Waals surface area contributed by atoms with Gasteiger partial charge in [-0.05, 0) is 30.7 Å². The topological polar surface area (TPSA) is 50.5 Å². The van der Waals surface area contributed by atoms with Crippen molar-refractivity contribution in [1.82, 2.24) is 4.90 Å². The maximum Gasteiger partial charge on any atom is 0.152 e. The van der Waals surface area contributed by atoms with Gasteiger partial charge in [0.2, 0.25) is 0 Å². The van der Waals surface area contributed by atoms with E-state index in [1.54, 1.807) is 6.26 Å². The van der Waals surface area contributed by atoms with E-state index in [2.05, 4.69) is 17.0 Å². The molecule has 1 aliphatic heterocycles. The second-order valence-electron chi connectivity index (χ2n) is 5.76. The zero-order valence-corrected chi connectivity index (χ0v) is 13.3. The van der Waals surface area contributed by atoms with E-state index in [1.165, 1.54) is 5.56 Å². The van der Waals surface area contributed by atoms with Gasteiger partial charge in [0.1, 0.15) is 5.76 Å². The van der Waals surface area contributed by atoms with Gasteiger partial charge in [0.25, 0.3) is 0 Å². The maximum absolute atomic E-state index is 11.5. The van der Waals surface area contributed by atoms with Crippen molar-refractivity contribution in [2.24, 2.45) is 0 Å². The number of nitrogens with zero attached hydrogens (tertiary/aromatic N) is 1. The van der Waals surface area contributed by atoms with E-state index < -0.39 is 9.84 Å². The monoisotopic (exact) mass is 319 g/mol. The van der Waals surface area contributed by atoms with Gasteiger partial charge in [0.15, 0.2) is 9.84 Å². The van der Waals surface area contributed by atoms with Crippen LogP contribution in [-0.2, 0) is 9.84 Å². The van der Waals surface area contributed by atoms with Crippen molar-refractivity contribution in [3.05, 3.63) is 60.1 Å². The van der Waals surface area contributed by atoms with E-state index in [-0.39, 0.29) is 17.4 Å². The molecule has 1 saturated heterocycles. The molecule has 4 nitrogen and oxygen atoms in total. The second kappa shape index (κ2) is 6.67. The second-order valence-corrected chi connectivity index (χ2v) is 8.06. The molecule has 1 aliphatic rings. The van der Waals surface area contributed by atoms with Gasteiger partial charge >= 0.3 is 0 Å². The van der Waals surface area contributed by atoms with Gasteiger partial charge in [0.05, 0.1) is 17.8 Å². The van der Waals surface area contributed by atoms with E-state index in [9.17, 15) is 8.42 Å². The molecule has 1 aromatic heterocycles. The summed E-state index contributed by atoms with van der Waals surface area (Å²) in [7, 11) is -2.81. The van der Waals surface area contributed by atoms with E-state index >= 15 is 0 Å². The molecule has 2 heterocycles. The van der Waals surface area contributed by atoms with Crippen molar-refractivity contribution in [2.45, 2.75) is 12.3 Å². The van der Waals surface area contributed by atoms with Crippen molar-refractivity contribution >= 4 is 9.84 Å². The first-order valence-corrected chi connectivity index (χ1v) is 9.47. The number of hydrogen-bond acceptors (Lipinski definition) is 4. The molecule has 2 aromatic rings. The Morgan fingerprint density at radius 1 is 1.05 bits per heavy atom. The van der Waals surface area contributed by atoms with Gasteiger partial charge < -0.3 is 9.32 Å². The third-order valence-electron chi connectivity index (χ3n) is 4.26. The van der Waals surface area contributed by atoms with Gasteiger partial charge in [-0.25, -0.2) is 8.42 Å². The summed E-state index contributed by atoms with van der Waals surface area (Å²) in [5.41, 5.74) is 1.24. The smallest absolute Gasteiger partial charge is 0.152 e. The predicted molar refractivity (Wildman–Crippen MR) is 86.7 cm³/mol. The van der Waals surface area contributed by atoms with Crippen LogP contribution in [0.25, 0.3) is 0 Å². The summed E-state index contributed by atoms with van der Waals surface area (Å²) in [5, 5.41) is 0. The molecule has 3 rings (SSSR count). The van der Waals surface area contributed by atoms with Crippen LogP contribution >= 0.6 is 0 Å². The number of furan rings is 1. The fraction of sp³-hybridized carbons (Fsp3) is 0.412. The summed E-state index contributed by atoms with van der Waals surface area (Å²) in [6, 6.07) is 14.3. The van der Waals surface area contributed by atoms with Crippen molar-refractivity contribution in [1.29, 1.82) is 0 Å². The van der Waals surface area contributed by atoms with Crippen LogP contribution in [0.1, 0.15) is 23.7 Å². The van der Waals surface area contributed by atoms with Gasteiger partial charge in [-0.15, -0.1) is 0 Å². The molecule has 22 heavy (non-hydrogen) atoms. The number of hydrogen-bond donors (Lipinski definition) is 0. The Morgan fingerprint density at radius 2 is 1.77 bits per heavy atom. The van der Waals surface area contributed by atoms with Crippen LogP contribution < -0.4 is 0 Å². The lowest BCUT2D eigenvalue weighted by molar-refractivity contribution is 0.282. The zero-order chi connectivity index (χ0) is 15.4. The third kappa shape index (κ3) is 3.78. The van der Waals surface area contributed by atoms with Crippen molar-refractivity contribution in [3.63, 3.8) is 0 Å². The van der Waals surface area contributed by atoms with Crippen LogP contribution in [0.4, 0.5) is 0 Å². The average Bonchev–Trinajstić information content (AvgIpc) is 3.04. The number of benzene rings is 1. The minimum atomic E-state index is -2.81. The van der Waals surface area contributed by atoms with Crippen LogP contribution in [0, 0.1) is 0 Å². The SMILES string of the molecule is O=S1(=O)CCN(CCC(c2ccccc2)c2ccco2)CC1. The molecule has 118 valence electrons. The summed E-state index contributed by atoms with van der Waals surface area (Å²) in [4.78, 5) is 2.24. The largest absolute Gasteiger partial charge is 0.469 e. The molecule has 1 aromatic carbocycles. The van der Waals surface area contributed by atoms with E-state index in [4.69, 9.17) is 4.42 Å². The number of rotatable bonds is 5. The Labute approximate surface area is 131 Å². The minimum absolute atomic E-state index is 0.217. The Kier molecular flexibility index (Phi) is 4.64. The van der Waals surface area contributed by atoms with Crippen LogP contribution in [0.3, 0.4) is 0 Å². The molecule has 0 aliphatic carbocycles. The fourth-order valence-electron chi connectivity index (χ4n) is 2.93. The maximum atomic E-state index is 11.5. The summed E-state index contributed by atoms with van der Waals surface area (Å²) in [6.07, 6.45) is 2.64. The highest BCUT2D eigenvalue weighted by Crippen LogP contribution is 2.28. The van der Waals surface area contributed by atoms with Crippen molar-refractivity contribution in [3.8, 4) is 0 Å². The van der Waals surface area contributed by atoms with Crippen LogP contribution in [0.15, 0.2) is 53.1 Å². The first-order chi connectivity index (χ1) is 10.6. The highest BCUT2D eigenvalue weighted by molar-refractivity contribution is 7.91. The van der Waals surface area contributed by atoms with Gasteiger partial charge in [-0.2, -0.15) is 0 Å². The predicted octanol–water partition coefficient (Wildman–Crippen LogP) is 2.53. The molecule has 0 N–H and O–H groups in total.